The van der Waals surface area contributed by atoms with Gasteiger partial charge in [0.15, 0.2) is 5.78 Å². The first kappa shape index (κ1) is 10.6. The second kappa shape index (κ2) is 3.69. The van der Waals surface area contributed by atoms with Crippen LogP contribution in [0, 0.1) is 0 Å². The average molecular weight is 220 g/mol. The molecule has 0 radical (unpaired) electrons. The van der Waals surface area contributed by atoms with E-state index >= 15 is 0 Å². The van der Waals surface area contributed by atoms with Crippen molar-refractivity contribution in [3.63, 3.8) is 0 Å². The summed E-state index contributed by atoms with van der Waals surface area (Å²) in [4.78, 5) is 12.5. The fourth-order valence-corrected chi connectivity index (χ4v) is 1.08. The van der Waals surface area contributed by atoms with Gasteiger partial charge in [0, 0.05) is 11.8 Å². The summed E-state index contributed by atoms with van der Waals surface area (Å²) in [5.74, 6) is -0.109. The first-order chi connectivity index (χ1) is 5.91. The number of rotatable bonds is 2. The fourth-order valence-electron chi connectivity index (χ4n) is 0.799. The Morgan fingerprint density at radius 2 is 2.31 bits per heavy atom. The minimum atomic E-state index is -2.06. The highest BCUT2D eigenvalue weighted by Gasteiger charge is 2.23. The van der Waals surface area contributed by atoms with E-state index in [0.29, 0.717) is 5.56 Å². The van der Waals surface area contributed by atoms with Gasteiger partial charge < -0.3 is 0 Å². The van der Waals surface area contributed by atoms with E-state index in [4.69, 9.17) is 11.6 Å². The number of aromatic nitrogens is 1. The van der Waals surface area contributed by atoms with Gasteiger partial charge in [0.25, 0.3) is 0 Å². The molecule has 2 atom stereocenters. The molecule has 2 nitrogen and oxygen atoms in total. The smallest absolute Gasteiger partial charge is 0.237 e. The van der Waals surface area contributed by atoms with E-state index in [9.17, 15) is 9.18 Å². The molecule has 1 aromatic rings. The maximum atomic E-state index is 13.0. The van der Waals surface area contributed by atoms with Gasteiger partial charge in [-0.25, -0.2) is 4.39 Å². The van der Waals surface area contributed by atoms with Crippen molar-refractivity contribution in [3.8, 4) is 0 Å². The average Bonchev–Trinajstić information content (AvgIpc) is 2.03. The molecule has 70 valence electrons. The second-order valence-corrected chi connectivity index (χ2v) is 4.32. The summed E-state index contributed by atoms with van der Waals surface area (Å²) in [5.41, 5.74) is 0.513. The Morgan fingerprint density at radius 3 is 2.62 bits per heavy atom. The fraction of sp³-hybridized carbons (Fsp3) is 0.250. The van der Waals surface area contributed by atoms with Crippen LogP contribution in [0.2, 0.25) is 0 Å². The van der Waals surface area contributed by atoms with Gasteiger partial charge in [-0.05, 0) is 19.1 Å². The van der Waals surface area contributed by atoms with Gasteiger partial charge in [0.2, 0.25) is 4.87 Å². The molecule has 0 aliphatic heterocycles. The van der Waals surface area contributed by atoms with Gasteiger partial charge in [-0.15, -0.1) is 0 Å². The Morgan fingerprint density at radius 1 is 1.69 bits per heavy atom. The molecule has 1 heterocycles. The molecule has 0 fully saturated rings. The molecule has 0 aliphatic carbocycles. The van der Waals surface area contributed by atoms with Crippen LogP contribution in [-0.2, 0) is 4.87 Å². The van der Waals surface area contributed by atoms with E-state index in [2.05, 4.69) is 4.98 Å². The molecule has 0 bridgehead atoms. The molecule has 0 aromatic carbocycles. The molecule has 2 unspecified atom stereocenters. The molecule has 1 rings (SSSR count). The summed E-state index contributed by atoms with van der Waals surface area (Å²) in [6, 6.07) is 2.88. The number of carbonyl (C=O) groups is 1. The zero-order valence-corrected chi connectivity index (χ0v) is 8.83. The lowest BCUT2D eigenvalue weighted by Crippen LogP contribution is -2.05. The van der Waals surface area contributed by atoms with Crippen LogP contribution >= 0.6 is 20.8 Å². The van der Waals surface area contributed by atoms with Crippen LogP contribution in [0.1, 0.15) is 23.0 Å². The summed E-state index contributed by atoms with van der Waals surface area (Å²) >= 11 is 5.34. The van der Waals surface area contributed by atoms with Crippen molar-refractivity contribution in [2.45, 2.75) is 11.8 Å². The van der Waals surface area contributed by atoms with Gasteiger partial charge in [0.1, 0.15) is 0 Å². The van der Waals surface area contributed by atoms with Crippen LogP contribution in [-0.4, -0.2) is 10.8 Å². The molecule has 0 saturated carbocycles. The molecule has 13 heavy (non-hydrogen) atoms. The highest BCUT2D eigenvalue weighted by Crippen LogP contribution is 2.36. The van der Waals surface area contributed by atoms with Gasteiger partial charge in [0.05, 0.1) is 5.69 Å². The highest BCUT2D eigenvalue weighted by atomic mass is 35.5. The first-order valence-corrected chi connectivity index (χ1v) is 4.51. The topological polar surface area (TPSA) is 30.0 Å². The monoisotopic (exact) mass is 219 g/mol. The van der Waals surface area contributed by atoms with Crippen LogP contribution in [0.4, 0.5) is 4.39 Å². The zero-order valence-electron chi connectivity index (χ0n) is 6.92. The van der Waals surface area contributed by atoms with Crippen LogP contribution < -0.4 is 0 Å². The normalized spacial score (nSPS) is 15.1. The maximum Gasteiger partial charge on any atom is 0.237 e. The van der Waals surface area contributed by atoms with Gasteiger partial charge in [-0.1, -0.05) is 20.8 Å². The number of alkyl halides is 2. The Balaban J connectivity index is 3.01. The molecule has 0 spiro atoms. The summed E-state index contributed by atoms with van der Waals surface area (Å²) in [6.07, 6.45) is 1.30. The molecule has 0 N–H and O–H groups in total. The standard InChI is InChI=1S/C8H8ClFNOP/c1-5(12)6-2-3-7(11-4-6)8(9,10)13/h2-4H,13H2,1H3. The number of hydrogen-bond acceptors (Lipinski definition) is 2. The van der Waals surface area contributed by atoms with Crippen molar-refractivity contribution < 1.29 is 9.18 Å². The van der Waals surface area contributed by atoms with Crippen molar-refractivity contribution in [1.29, 1.82) is 0 Å². The van der Waals surface area contributed by atoms with E-state index in [1.54, 1.807) is 0 Å². The number of nitrogens with zero attached hydrogens (tertiary/aromatic N) is 1. The molecule has 0 amide bonds. The number of Topliss-reactive ketones (excluding diaryl/α,β-unsaturated/α-hetero) is 1. The van der Waals surface area contributed by atoms with E-state index in [0.717, 1.165) is 0 Å². The number of ketones is 1. The predicted molar refractivity (Wildman–Crippen MR) is 52.6 cm³/mol. The van der Waals surface area contributed by atoms with Gasteiger partial charge in [-0.3, -0.25) is 9.78 Å². The third-order valence-electron chi connectivity index (χ3n) is 1.51. The second-order valence-electron chi connectivity index (χ2n) is 2.61. The largest absolute Gasteiger partial charge is 0.294 e. The molecular weight excluding hydrogens is 212 g/mol. The van der Waals surface area contributed by atoms with Gasteiger partial charge >= 0.3 is 0 Å². The third kappa shape index (κ3) is 2.71. The summed E-state index contributed by atoms with van der Waals surface area (Å²) in [7, 11) is 1.82. The lowest BCUT2D eigenvalue weighted by Gasteiger charge is -2.10. The molecular formula is C8H8ClFNOP. The summed E-state index contributed by atoms with van der Waals surface area (Å²) in [5, 5.41) is 0. The lowest BCUT2D eigenvalue weighted by atomic mass is 10.2. The molecule has 0 saturated heterocycles. The number of hydrogen-bond donors (Lipinski definition) is 0. The van der Waals surface area contributed by atoms with Crippen molar-refractivity contribution in [3.05, 3.63) is 29.6 Å². The SMILES string of the molecule is CC(=O)c1ccc(C(F)(P)Cl)nc1. The Hall–Kier alpha value is -0.530. The van der Waals surface area contributed by atoms with Crippen LogP contribution in [0.15, 0.2) is 18.3 Å². The number of pyridine rings is 1. The summed E-state index contributed by atoms with van der Waals surface area (Å²) in [6.45, 7) is 1.42. The molecule has 0 aliphatic rings. The summed E-state index contributed by atoms with van der Waals surface area (Å²) < 4.78 is 13.0. The first-order valence-electron chi connectivity index (χ1n) is 3.55. The van der Waals surface area contributed by atoms with Crippen molar-refractivity contribution in [2.24, 2.45) is 0 Å². The van der Waals surface area contributed by atoms with Crippen molar-refractivity contribution in [1.82, 2.24) is 4.98 Å². The predicted octanol–water partition coefficient (Wildman–Crippen LogP) is 2.48. The molecule has 5 heteroatoms. The highest BCUT2D eigenvalue weighted by molar-refractivity contribution is 7.21. The lowest BCUT2D eigenvalue weighted by molar-refractivity contribution is 0.101. The van der Waals surface area contributed by atoms with E-state index in [1.165, 1.54) is 25.3 Å². The number of carbonyl (C=O) groups excluding carboxylic acids is 1. The van der Waals surface area contributed by atoms with E-state index in [-0.39, 0.29) is 11.5 Å². The Kier molecular flexibility index (Phi) is 2.99. The van der Waals surface area contributed by atoms with E-state index < -0.39 is 4.87 Å². The molecule has 1 aromatic heterocycles. The van der Waals surface area contributed by atoms with Crippen LogP contribution in [0.3, 0.4) is 0 Å². The maximum absolute atomic E-state index is 13.0. The Bertz CT molecular complexity index is 320. The third-order valence-corrected chi connectivity index (χ3v) is 2.00. The Labute approximate surface area is 82.7 Å². The van der Waals surface area contributed by atoms with E-state index in [1.807, 2.05) is 9.24 Å². The van der Waals surface area contributed by atoms with Crippen molar-refractivity contribution >= 4 is 26.6 Å². The van der Waals surface area contributed by atoms with Gasteiger partial charge in [-0.2, -0.15) is 0 Å². The quantitative estimate of drug-likeness (QED) is 0.435. The van der Waals surface area contributed by atoms with Crippen molar-refractivity contribution in [2.75, 3.05) is 0 Å². The number of halogens is 2. The zero-order chi connectivity index (χ0) is 10.1. The minimum Gasteiger partial charge on any atom is -0.294 e. The van der Waals surface area contributed by atoms with Crippen LogP contribution in [0.25, 0.3) is 0 Å². The van der Waals surface area contributed by atoms with Crippen LogP contribution in [0.5, 0.6) is 0 Å². The minimum absolute atomic E-state index is 0.0733.